The predicted octanol–water partition coefficient (Wildman–Crippen LogP) is 3.55. The van der Waals surface area contributed by atoms with Crippen LogP contribution in [0.15, 0.2) is 35.3 Å². The van der Waals surface area contributed by atoms with Gasteiger partial charge in [-0.1, -0.05) is 0 Å². The van der Waals surface area contributed by atoms with Crippen molar-refractivity contribution >= 4 is 21.8 Å². The van der Waals surface area contributed by atoms with E-state index in [1.54, 1.807) is 6.20 Å². The number of nitrogens with zero attached hydrogens (tertiary/aromatic N) is 3. The normalized spacial score (nSPS) is 11.5. The van der Waals surface area contributed by atoms with E-state index >= 15 is 0 Å². The minimum atomic E-state index is -0.727. The van der Waals surface area contributed by atoms with Crippen molar-refractivity contribution in [2.24, 2.45) is 0 Å². The second-order valence-electron chi connectivity index (χ2n) is 5.86. The highest BCUT2D eigenvalue weighted by atomic mass is 19.1. The Hall–Kier alpha value is -3.09. The summed E-state index contributed by atoms with van der Waals surface area (Å²) in [5, 5.41) is 8.70. The summed E-state index contributed by atoms with van der Waals surface area (Å²) in [6.45, 7) is 4.17. The van der Waals surface area contributed by atoms with Gasteiger partial charge in [0.2, 0.25) is 0 Å². The largest absolute Gasteiger partial charge is 0.315 e. The number of pyridine rings is 2. The van der Waals surface area contributed by atoms with Crippen molar-refractivity contribution in [3.8, 4) is 11.3 Å². The Balaban J connectivity index is 2.23. The zero-order chi connectivity index (χ0) is 17.7. The number of benzene rings is 1. The molecule has 5 nitrogen and oxygen atoms in total. The zero-order valence-electron chi connectivity index (χ0n) is 13.6. The maximum absolute atomic E-state index is 13.7. The smallest absolute Gasteiger partial charge is 0.260 e. The van der Waals surface area contributed by atoms with E-state index in [2.05, 4.69) is 15.2 Å². The van der Waals surface area contributed by atoms with Gasteiger partial charge in [-0.05, 0) is 32.0 Å². The molecule has 0 saturated carbocycles. The molecule has 3 heterocycles. The van der Waals surface area contributed by atoms with Crippen molar-refractivity contribution in [2.45, 2.75) is 20.4 Å². The van der Waals surface area contributed by atoms with Gasteiger partial charge in [-0.15, -0.1) is 0 Å². The summed E-state index contributed by atoms with van der Waals surface area (Å²) in [4.78, 5) is 17.3. The van der Waals surface area contributed by atoms with Crippen LogP contribution in [0.25, 0.3) is 33.1 Å². The van der Waals surface area contributed by atoms with Crippen LogP contribution in [0.4, 0.5) is 8.78 Å². The molecular formula is C18H14F2N4O. The van der Waals surface area contributed by atoms with Gasteiger partial charge in [0.15, 0.2) is 5.65 Å². The summed E-state index contributed by atoms with van der Waals surface area (Å²) in [6.07, 6.45) is 1.70. The molecule has 126 valence electrons. The highest BCUT2D eigenvalue weighted by Gasteiger charge is 2.18. The molecule has 0 unspecified atom stereocenters. The molecule has 0 spiro atoms. The Morgan fingerprint density at radius 3 is 2.56 bits per heavy atom. The summed E-state index contributed by atoms with van der Waals surface area (Å²) in [6, 6.07) is 4.93. The Bertz CT molecular complexity index is 1170. The van der Waals surface area contributed by atoms with Crippen LogP contribution in [-0.2, 0) is 6.54 Å². The SMILES string of the molecule is CCn1ccc2c(c(-c3cc(F)cc(F)c3)nc3n[nH]c(C)c32)c1=O. The van der Waals surface area contributed by atoms with Gasteiger partial charge in [0, 0.05) is 40.8 Å². The van der Waals surface area contributed by atoms with Crippen molar-refractivity contribution < 1.29 is 8.78 Å². The molecule has 0 aliphatic heterocycles. The van der Waals surface area contributed by atoms with E-state index in [9.17, 15) is 13.6 Å². The zero-order valence-corrected chi connectivity index (χ0v) is 13.6. The molecule has 0 saturated heterocycles. The van der Waals surface area contributed by atoms with Crippen LogP contribution >= 0.6 is 0 Å². The lowest BCUT2D eigenvalue weighted by molar-refractivity contribution is 0.584. The van der Waals surface area contributed by atoms with Crippen LogP contribution in [0.2, 0.25) is 0 Å². The second-order valence-corrected chi connectivity index (χ2v) is 5.86. The number of halogens is 2. The van der Waals surface area contributed by atoms with Crippen molar-refractivity contribution in [1.29, 1.82) is 0 Å². The van der Waals surface area contributed by atoms with Crippen LogP contribution in [0.5, 0.6) is 0 Å². The number of hydrogen-bond acceptors (Lipinski definition) is 3. The van der Waals surface area contributed by atoms with E-state index in [0.29, 0.717) is 23.0 Å². The molecule has 4 rings (SSSR count). The van der Waals surface area contributed by atoms with Crippen LogP contribution in [0.1, 0.15) is 12.6 Å². The molecule has 0 radical (unpaired) electrons. The average molecular weight is 340 g/mol. The molecule has 0 bridgehead atoms. The lowest BCUT2D eigenvalue weighted by atomic mass is 10.0. The van der Waals surface area contributed by atoms with E-state index in [1.165, 1.54) is 16.7 Å². The Morgan fingerprint density at radius 2 is 1.88 bits per heavy atom. The fourth-order valence-electron chi connectivity index (χ4n) is 3.14. The fraction of sp³-hybridized carbons (Fsp3) is 0.167. The number of hydrogen-bond donors (Lipinski definition) is 1. The summed E-state index contributed by atoms with van der Waals surface area (Å²) >= 11 is 0. The van der Waals surface area contributed by atoms with Crippen LogP contribution in [-0.4, -0.2) is 19.7 Å². The molecule has 0 amide bonds. The van der Waals surface area contributed by atoms with Crippen molar-refractivity contribution in [1.82, 2.24) is 19.7 Å². The first-order valence-electron chi connectivity index (χ1n) is 7.84. The molecule has 1 N–H and O–H groups in total. The van der Waals surface area contributed by atoms with Crippen molar-refractivity contribution in [3.05, 3.63) is 58.1 Å². The van der Waals surface area contributed by atoms with Gasteiger partial charge >= 0.3 is 0 Å². The van der Waals surface area contributed by atoms with Crippen molar-refractivity contribution in [3.63, 3.8) is 0 Å². The maximum Gasteiger partial charge on any atom is 0.260 e. The van der Waals surface area contributed by atoms with Gasteiger partial charge in [-0.3, -0.25) is 9.89 Å². The van der Waals surface area contributed by atoms with E-state index in [1.807, 2.05) is 19.9 Å². The molecule has 4 aromatic rings. The first-order chi connectivity index (χ1) is 12.0. The van der Waals surface area contributed by atoms with E-state index in [-0.39, 0.29) is 16.8 Å². The third-order valence-electron chi connectivity index (χ3n) is 4.29. The van der Waals surface area contributed by atoms with Crippen LogP contribution in [0.3, 0.4) is 0 Å². The Labute approximate surface area is 140 Å². The molecule has 0 aliphatic carbocycles. The lowest BCUT2D eigenvalue weighted by Gasteiger charge is -2.10. The highest BCUT2D eigenvalue weighted by Crippen LogP contribution is 2.31. The number of aromatic nitrogens is 4. The minimum Gasteiger partial charge on any atom is -0.315 e. The Morgan fingerprint density at radius 1 is 1.16 bits per heavy atom. The molecule has 0 aliphatic rings. The van der Waals surface area contributed by atoms with Crippen molar-refractivity contribution in [2.75, 3.05) is 0 Å². The van der Waals surface area contributed by atoms with Gasteiger partial charge in [0.25, 0.3) is 5.56 Å². The molecular weight excluding hydrogens is 326 g/mol. The number of fused-ring (bicyclic) bond motifs is 3. The summed E-state index contributed by atoms with van der Waals surface area (Å²) in [7, 11) is 0. The van der Waals surface area contributed by atoms with Gasteiger partial charge in [-0.25, -0.2) is 13.8 Å². The summed E-state index contributed by atoms with van der Waals surface area (Å²) < 4.78 is 28.9. The standard InChI is InChI=1S/C18H14F2N4O/c1-3-24-5-4-13-14-9(2)22-23-17(14)21-16(15(13)18(24)25)10-6-11(19)8-12(20)7-10/h4-8H,3H2,1-2H3,(H,21,22,23). The Kier molecular flexibility index (Phi) is 3.38. The topological polar surface area (TPSA) is 63.6 Å². The first-order valence-corrected chi connectivity index (χ1v) is 7.84. The van der Waals surface area contributed by atoms with Crippen LogP contribution < -0.4 is 5.56 Å². The lowest BCUT2D eigenvalue weighted by Crippen LogP contribution is -2.19. The van der Waals surface area contributed by atoms with Gasteiger partial charge in [0.05, 0.1) is 11.1 Å². The predicted molar refractivity (Wildman–Crippen MR) is 91.4 cm³/mol. The number of aromatic amines is 1. The highest BCUT2D eigenvalue weighted by molar-refractivity contribution is 6.10. The summed E-state index contributed by atoms with van der Waals surface area (Å²) in [5.41, 5.74) is 1.35. The molecule has 1 aromatic carbocycles. The monoisotopic (exact) mass is 340 g/mol. The maximum atomic E-state index is 13.7. The van der Waals surface area contributed by atoms with Crippen LogP contribution in [0, 0.1) is 18.6 Å². The van der Waals surface area contributed by atoms with Gasteiger partial charge < -0.3 is 4.57 Å². The molecule has 0 atom stereocenters. The quantitative estimate of drug-likeness (QED) is 0.607. The van der Waals surface area contributed by atoms with Gasteiger partial charge in [-0.2, -0.15) is 5.10 Å². The van der Waals surface area contributed by atoms with E-state index in [0.717, 1.165) is 17.1 Å². The minimum absolute atomic E-state index is 0.205. The van der Waals surface area contributed by atoms with E-state index < -0.39 is 11.6 Å². The number of aryl methyl sites for hydroxylation is 2. The second kappa shape index (κ2) is 5.47. The third-order valence-corrected chi connectivity index (χ3v) is 4.29. The summed E-state index contributed by atoms with van der Waals surface area (Å²) in [5.74, 6) is -1.45. The third kappa shape index (κ3) is 2.31. The number of rotatable bonds is 2. The average Bonchev–Trinajstić information content (AvgIpc) is 2.95. The molecule has 0 fully saturated rings. The molecule has 3 aromatic heterocycles. The van der Waals surface area contributed by atoms with E-state index in [4.69, 9.17) is 0 Å². The number of H-pyrrole nitrogens is 1. The van der Waals surface area contributed by atoms with Gasteiger partial charge in [0.1, 0.15) is 11.6 Å². The number of nitrogens with one attached hydrogen (secondary N) is 1. The fourth-order valence-corrected chi connectivity index (χ4v) is 3.14. The molecule has 7 heteroatoms. The first kappa shape index (κ1) is 15.4. The molecule has 25 heavy (non-hydrogen) atoms.